The Bertz CT molecular complexity index is 1080. The molecule has 0 radical (unpaired) electrons. The Morgan fingerprint density at radius 2 is 2.12 bits per heavy atom. The third-order valence-electron chi connectivity index (χ3n) is 3.82. The van der Waals surface area contributed by atoms with Crippen molar-refractivity contribution in [1.82, 2.24) is 29.7 Å². The molecule has 120 valence electrons. The molecule has 24 heavy (non-hydrogen) atoms. The summed E-state index contributed by atoms with van der Waals surface area (Å²) >= 11 is 0. The van der Waals surface area contributed by atoms with Gasteiger partial charge >= 0.3 is 5.69 Å². The Hall–Kier alpha value is -3.42. The summed E-state index contributed by atoms with van der Waals surface area (Å²) in [5.41, 5.74) is 9.42. The van der Waals surface area contributed by atoms with Gasteiger partial charge in [0, 0.05) is 6.20 Å². The van der Waals surface area contributed by atoms with Gasteiger partial charge in [0.2, 0.25) is 0 Å². The lowest BCUT2D eigenvalue weighted by Crippen LogP contribution is -2.17. The maximum absolute atomic E-state index is 12.3. The first-order chi connectivity index (χ1) is 11.6. The first kappa shape index (κ1) is 14.2. The summed E-state index contributed by atoms with van der Waals surface area (Å²) < 4.78 is 1.56. The van der Waals surface area contributed by atoms with Crippen LogP contribution in [0, 0.1) is 6.92 Å². The minimum atomic E-state index is -0.269. The largest absolute Gasteiger partial charge is 0.382 e. The Balaban J connectivity index is 1.89. The zero-order valence-electron chi connectivity index (χ0n) is 12.9. The van der Waals surface area contributed by atoms with Crippen LogP contribution in [0.15, 0.2) is 41.3 Å². The van der Waals surface area contributed by atoms with E-state index in [0.29, 0.717) is 29.2 Å². The van der Waals surface area contributed by atoms with Crippen LogP contribution in [-0.4, -0.2) is 29.7 Å². The minimum Gasteiger partial charge on any atom is -0.382 e. The highest BCUT2D eigenvalue weighted by molar-refractivity contribution is 5.83. The van der Waals surface area contributed by atoms with Crippen molar-refractivity contribution in [3.05, 3.63) is 58.1 Å². The van der Waals surface area contributed by atoms with Crippen molar-refractivity contribution < 1.29 is 0 Å². The molecule has 0 aliphatic heterocycles. The van der Waals surface area contributed by atoms with Crippen LogP contribution in [0.2, 0.25) is 0 Å². The molecule has 0 aliphatic carbocycles. The number of fused-ring (bicyclic) bond motifs is 1. The fraction of sp³-hybridized carbons (Fsp3) is 0.125. The summed E-state index contributed by atoms with van der Waals surface area (Å²) in [5.74, 6) is 0.624. The molecule has 0 spiro atoms. The lowest BCUT2D eigenvalue weighted by molar-refractivity contribution is 0.777. The third kappa shape index (κ3) is 2.34. The number of aromatic nitrogens is 6. The van der Waals surface area contributed by atoms with Crippen LogP contribution >= 0.6 is 0 Å². The number of nitrogens with two attached hydrogens (primary N) is 1. The molecule has 0 amide bonds. The van der Waals surface area contributed by atoms with Gasteiger partial charge in [-0.25, -0.2) is 14.8 Å². The smallest absolute Gasteiger partial charge is 0.328 e. The van der Waals surface area contributed by atoms with Gasteiger partial charge in [0.25, 0.3) is 0 Å². The van der Waals surface area contributed by atoms with Gasteiger partial charge in [-0.1, -0.05) is 29.8 Å². The number of rotatable bonds is 3. The fourth-order valence-corrected chi connectivity index (χ4v) is 2.69. The molecule has 0 unspecified atom stereocenters. The van der Waals surface area contributed by atoms with Crippen LogP contribution in [0.4, 0.5) is 5.82 Å². The molecule has 8 heteroatoms. The van der Waals surface area contributed by atoms with E-state index in [1.165, 1.54) is 0 Å². The summed E-state index contributed by atoms with van der Waals surface area (Å²) in [6.45, 7) is 2.41. The molecule has 0 atom stereocenters. The fourth-order valence-electron chi connectivity index (χ4n) is 2.69. The summed E-state index contributed by atoms with van der Waals surface area (Å²) in [6, 6.07) is 9.72. The van der Waals surface area contributed by atoms with Crippen LogP contribution in [0.3, 0.4) is 0 Å². The molecule has 0 saturated carbocycles. The van der Waals surface area contributed by atoms with Crippen LogP contribution in [0.25, 0.3) is 22.7 Å². The van der Waals surface area contributed by atoms with Crippen molar-refractivity contribution in [3.63, 3.8) is 0 Å². The second kappa shape index (κ2) is 5.34. The average Bonchev–Trinajstić information content (AvgIpc) is 3.18. The third-order valence-corrected chi connectivity index (χ3v) is 3.82. The van der Waals surface area contributed by atoms with Gasteiger partial charge in [-0.15, -0.1) is 0 Å². The van der Waals surface area contributed by atoms with Crippen LogP contribution in [0.1, 0.15) is 11.1 Å². The van der Waals surface area contributed by atoms with E-state index in [1.807, 2.05) is 31.2 Å². The van der Waals surface area contributed by atoms with Gasteiger partial charge in [-0.05, 0) is 18.6 Å². The maximum atomic E-state index is 12.3. The van der Waals surface area contributed by atoms with Gasteiger partial charge < -0.3 is 10.7 Å². The van der Waals surface area contributed by atoms with Crippen molar-refractivity contribution in [1.29, 1.82) is 0 Å². The topological polar surface area (TPSA) is 118 Å². The van der Waals surface area contributed by atoms with E-state index in [-0.39, 0.29) is 11.5 Å². The normalized spacial score (nSPS) is 11.2. The summed E-state index contributed by atoms with van der Waals surface area (Å²) in [5, 5.41) is 6.69. The molecule has 4 rings (SSSR count). The number of aromatic amines is 2. The zero-order valence-corrected chi connectivity index (χ0v) is 12.9. The molecule has 3 aromatic heterocycles. The van der Waals surface area contributed by atoms with Gasteiger partial charge in [0.05, 0.1) is 6.54 Å². The number of hydrogen-bond acceptors (Lipinski definition) is 5. The molecule has 1 aromatic carbocycles. The number of imidazole rings is 1. The molecule has 0 fully saturated rings. The van der Waals surface area contributed by atoms with Gasteiger partial charge in [0.1, 0.15) is 11.2 Å². The van der Waals surface area contributed by atoms with Crippen molar-refractivity contribution in [3.8, 4) is 11.5 Å². The second-order valence-corrected chi connectivity index (χ2v) is 5.61. The maximum Gasteiger partial charge on any atom is 0.328 e. The number of nitrogen functional groups attached to an aromatic ring is 1. The summed E-state index contributed by atoms with van der Waals surface area (Å²) in [4.78, 5) is 23.8. The quantitative estimate of drug-likeness (QED) is 0.528. The van der Waals surface area contributed by atoms with Gasteiger partial charge in [0.15, 0.2) is 17.3 Å². The standard InChI is InChI=1S/C16H15N7O/c1-9-3-2-4-10(7-9)8-23-15-12(19-16(23)24)13(17)20-14(21-15)11-5-6-18-22-11/h2-7H,8H2,1H3,(H,18,22)(H,19,24)(H2,17,20,21). The Labute approximate surface area is 136 Å². The zero-order chi connectivity index (χ0) is 16.7. The Morgan fingerprint density at radius 1 is 1.25 bits per heavy atom. The highest BCUT2D eigenvalue weighted by Crippen LogP contribution is 2.20. The second-order valence-electron chi connectivity index (χ2n) is 5.61. The van der Waals surface area contributed by atoms with E-state index in [4.69, 9.17) is 5.73 Å². The monoisotopic (exact) mass is 321 g/mol. The van der Waals surface area contributed by atoms with Crippen molar-refractivity contribution in [2.45, 2.75) is 13.5 Å². The summed E-state index contributed by atoms with van der Waals surface area (Å²) in [6.07, 6.45) is 1.61. The molecule has 0 bridgehead atoms. The SMILES string of the molecule is Cc1cccc(Cn2c(=O)[nH]c3c(N)nc(-c4ccn[nH]4)nc32)c1. The summed E-state index contributed by atoms with van der Waals surface area (Å²) in [7, 11) is 0. The number of anilines is 1. The van der Waals surface area contributed by atoms with Crippen LogP contribution in [-0.2, 0) is 6.54 Å². The van der Waals surface area contributed by atoms with Gasteiger partial charge in [-0.2, -0.15) is 5.10 Å². The van der Waals surface area contributed by atoms with E-state index >= 15 is 0 Å². The highest BCUT2D eigenvalue weighted by Gasteiger charge is 2.15. The number of H-pyrrole nitrogens is 2. The Morgan fingerprint density at radius 3 is 2.88 bits per heavy atom. The molecule has 4 aromatic rings. The highest BCUT2D eigenvalue weighted by atomic mass is 16.1. The predicted molar refractivity (Wildman–Crippen MR) is 90.4 cm³/mol. The first-order valence-corrected chi connectivity index (χ1v) is 7.43. The van der Waals surface area contributed by atoms with Crippen molar-refractivity contribution in [2.75, 3.05) is 5.73 Å². The number of aryl methyl sites for hydroxylation is 1. The number of nitrogens with zero attached hydrogens (tertiary/aromatic N) is 4. The molecule has 3 heterocycles. The average molecular weight is 321 g/mol. The Kier molecular flexibility index (Phi) is 3.16. The van der Waals surface area contributed by atoms with Crippen molar-refractivity contribution in [2.24, 2.45) is 0 Å². The molecular weight excluding hydrogens is 306 g/mol. The molecule has 0 saturated heterocycles. The lowest BCUT2D eigenvalue weighted by atomic mass is 10.1. The van der Waals surface area contributed by atoms with E-state index in [0.717, 1.165) is 11.1 Å². The van der Waals surface area contributed by atoms with Gasteiger partial charge in [-0.3, -0.25) is 9.67 Å². The number of nitrogens with one attached hydrogen (secondary N) is 2. The van der Waals surface area contributed by atoms with E-state index in [1.54, 1.807) is 16.8 Å². The van der Waals surface area contributed by atoms with E-state index in [9.17, 15) is 4.79 Å². The van der Waals surface area contributed by atoms with E-state index in [2.05, 4.69) is 25.1 Å². The molecular formula is C16H15N7O. The number of benzene rings is 1. The molecule has 0 aliphatic rings. The van der Waals surface area contributed by atoms with Crippen LogP contribution in [0.5, 0.6) is 0 Å². The molecule has 8 nitrogen and oxygen atoms in total. The lowest BCUT2D eigenvalue weighted by Gasteiger charge is -2.06. The van der Waals surface area contributed by atoms with Crippen LogP contribution < -0.4 is 11.4 Å². The predicted octanol–water partition coefficient (Wildman–Crippen LogP) is 1.45. The van der Waals surface area contributed by atoms with E-state index < -0.39 is 0 Å². The first-order valence-electron chi connectivity index (χ1n) is 7.43. The van der Waals surface area contributed by atoms with Crippen molar-refractivity contribution >= 4 is 17.0 Å². The minimum absolute atomic E-state index is 0.227. The number of hydrogen-bond donors (Lipinski definition) is 3. The molecule has 4 N–H and O–H groups in total.